The Hall–Kier alpha value is -2.58. The first-order chi connectivity index (χ1) is 13.0. The maximum absolute atomic E-state index is 12.5. The smallest absolute Gasteiger partial charge is 0.241 e. The van der Waals surface area contributed by atoms with E-state index in [-0.39, 0.29) is 24.1 Å². The summed E-state index contributed by atoms with van der Waals surface area (Å²) in [4.78, 5) is 13.7. The predicted molar refractivity (Wildman–Crippen MR) is 97.7 cm³/mol. The molecule has 0 aromatic heterocycles. The lowest BCUT2D eigenvalue weighted by Crippen LogP contribution is -2.24. The lowest BCUT2D eigenvalue weighted by molar-refractivity contribution is -0.128. The number of fused-ring (bicyclic) bond motifs is 1. The van der Waals surface area contributed by atoms with Gasteiger partial charge >= 0.3 is 0 Å². The standard InChI is InChI=1S/C19H20N2O5S/c22-19-2-1-9-21(19)12-15-5-3-14(4-6-15)11-20-27(23,24)16-7-8-17-18(10-16)26-13-25-17/h3-8,10,20H,1-2,9,11-13H2. The van der Waals surface area contributed by atoms with Crippen molar-refractivity contribution in [3.8, 4) is 11.5 Å². The van der Waals surface area contributed by atoms with Crippen molar-refractivity contribution in [1.82, 2.24) is 9.62 Å². The molecule has 2 aliphatic heterocycles. The number of sulfonamides is 1. The lowest BCUT2D eigenvalue weighted by Gasteiger charge is -2.15. The minimum atomic E-state index is -3.65. The lowest BCUT2D eigenvalue weighted by atomic mass is 10.1. The normalized spacial score (nSPS) is 16.1. The molecular weight excluding hydrogens is 368 g/mol. The molecule has 2 aromatic carbocycles. The highest BCUT2D eigenvalue weighted by Gasteiger charge is 2.21. The van der Waals surface area contributed by atoms with E-state index in [0.29, 0.717) is 24.5 Å². The monoisotopic (exact) mass is 388 g/mol. The van der Waals surface area contributed by atoms with Crippen LogP contribution in [0, 0.1) is 0 Å². The Kier molecular flexibility index (Phi) is 4.75. The van der Waals surface area contributed by atoms with Crippen LogP contribution in [0.2, 0.25) is 0 Å². The van der Waals surface area contributed by atoms with Gasteiger partial charge in [0.05, 0.1) is 4.90 Å². The summed E-state index contributed by atoms with van der Waals surface area (Å²) in [7, 11) is -3.65. The molecule has 1 saturated heterocycles. The second kappa shape index (κ2) is 7.21. The zero-order chi connectivity index (χ0) is 18.9. The zero-order valence-corrected chi connectivity index (χ0v) is 15.5. The van der Waals surface area contributed by atoms with Crippen LogP contribution in [-0.2, 0) is 27.9 Å². The van der Waals surface area contributed by atoms with E-state index >= 15 is 0 Å². The molecule has 0 unspecified atom stereocenters. The largest absolute Gasteiger partial charge is 0.454 e. The van der Waals surface area contributed by atoms with Gasteiger partial charge in [-0.1, -0.05) is 24.3 Å². The van der Waals surface area contributed by atoms with Crippen LogP contribution in [-0.4, -0.2) is 32.6 Å². The van der Waals surface area contributed by atoms with E-state index in [9.17, 15) is 13.2 Å². The van der Waals surface area contributed by atoms with Gasteiger partial charge in [-0.25, -0.2) is 13.1 Å². The van der Waals surface area contributed by atoms with Crippen molar-refractivity contribution < 1.29 is 22.7 Å². The van der Waals surface area contributed by atoms with Crippen molar-refractivity contribution in [2.24, 2.45) is 0 Å². The van der Waals surface area contributed by atoms with Gasteiger partial charge in [-0.05, 0) is 29.7 Å². The maximum Gasteiger partial charge on any atom is 0.241 e. The minimum Gasteiger partial charge on any atom is -0.454 e. The van der Waals surface area contributed by atoms with Crippen LogP contribution in [0.25, 0.3) is 0 Å². The van der Waals surface area contributed by atoms with Crippen LogP contribution in [0.3, 0.4) is 0 Å². The number of benzene rings is 2. The van der Waals surface area contributed by atoms with Crippen LogP contribution in [0.1, 0.15) is 24.0 Å². The number of rotatable bonds is 6. The topological polar surface area (TPSA) is 84.9 Å². The summed E-state index contributed by atoms with van der Waals surface area (Å²) in [6, 6.07) is 12.1. The van der Waals surface area contributed by atoms with Gasteiger partial charge in [0, 0.05) is 32.1 Å². The van der Waals surface area contributed by atoms with Crippen LogP contribution in [0.5, 0.6) is 11.5 Å². The fourth-order valence-corrected chi connectivity index (χ4v) is 4.19. The van der Waals surface area contributed by atoms with Crippen molar-refractivity contribution in [3.63, 3.8) is 0 Å². The molecule has 2 aliphatic rings. The summed E-state index contributed by atoms with van der Waals surface area (Å²) in [6.07, 6.45) is 1.54. The molecule has 8 heteroatoms. The van der Waals surface area contributed by atoms with E-state index < -0.39 is 10.0 Å². The second-order valence-electron chi connectivity index (χ2n) is 6.57. The highest BCUT2D eigenvalue weighted by Crippen LogP contribution is 2.33. The van der Waals surface area contributed by atoms with Gasteiger partial charge in [-0.3, -0.25) is 4.79 Å². The number of hydrogen-bond donors (Lipinski definition) is 1. The maximum atomic E-state index is 12.5. The van der Waals surface area contributed by atoms with Gasteiger partial charge in [-0.2, -0.15) is 0 Å². The van der Waals surface area contributed by atoms with Crippen LogP contribution < -0.4 is 14.2 Å². The third-order valence-electron chi connectivity index (χ3n) is 4.69. The van der Waals surface area contributed by atoms with Crippen molar-refractivity contribution in [2.45, 2.75) is 30.8 Å². The van der Waals surface area contributed by atoms with Crippen LogP contribution in [0.15, 0.2) is 47.4 Å². The van der Waals surface area contributed by atoms with E-state index in [1.54, 1.807) is 6.07 Å². The molecule has 142 valence electrons. The Morgan fingerprint density at radius 3 is 2.48 bits per heavy atom. The third-order valence-corrected chi connectivity index (χ3v) is 6.09. The molecule has 0 saturated carbocycles. The number of amides is 1. The van der Waals surface area contributed by atoms with Gasteiger partial charge in [0.15, 0.2) is 11.5 Å². The Morgan fingerprint density at radius 2 is 1.74 bits per heavy atom. The molecule has 0 aliphatic carbocycles. The van der Waals surface area contributed by atoms with E-state index in [1.807, 2.05) is 29.2 Å². The summed E-state index contributed by atoms with van der Waals surface area (Å²) in [6.45, 7) is 1.68. The van der Waals surface area contributed by atoms with Crippen molar-refractivity contribution in [1.29, 1.82) is 0 Å². The highest BCUT2D eigenvalue weighted by molar-refractivity contribution is 7.89. The van der Waals surface area contributed by atoms with E-state index in [1.165, 1.54) is 12.1 Å². The molecule has 7 nitrogen and oxygen atoms in total. The fourth-order valence-electron chi connectivity index (χ4n) is 3.16. The number of nitrogens with zero attached hydrogens (tertiary/aromatic N) is 1. The average molecular weight is 388 g/mol. The molecule has 0 radical (unpaired) electrons. The molecule has 2 aromatic rings. The number of nitrogens with one attached hydrogen (secondary N) is 1. The van der Waals surface area contributed by atoms with Crippen molar-refractivity contribution in [2.75, 3.05) is 13.3 Å². The van der Waals surface area contributed by atoms with Gasteiger partial charge in [0.25, 0.3) is 0 Å². The van der Waals surface area contributed by atoms with E-state index in [2.05, 4.69) is 4.72 Å². The number of hydrogen-bond acceptors (Lipinski definition) is 5. The average Bonchev–Trinajstić information content (AvgIpc) is 3.29. The molecule has 1 N–H and O–H groups in total. The summed E-state index contributed by atoms with van der Waals surface area (Å²) < 4.78 is 38.0. The Balaban J connectivity index is 1.38. The number of carbonyl (C=O) groups is 1. The Morgan fingerprint density at radius 1 is 1.00 bits per heavy atom. The summed E-state index contributed by atoms with van der Waals surface area (Å²) in [5.41, 5.74) is 1.88. The fraction of sp³-hybridized carbons (Fsp3) is 0.316. The number of carbonyl (C=O) groups excluding carboxylic acids is 1. The molecule has 0 bridgehead atoms. The highest BCUT2D eigenvalue weighted by atomic mass is 32.2. The minimum absolute atomic E-state index is 0.0988. The van der Waals surface area contributed by atoms with Gasteiger partial charge in [0.1, 0.15) is 0 Å². The third kappa shape index (κ3) is 3.91. The number of likely N-dealkylation sites (tertiary alicyclic amines) is 1. The zero-order valence-electron chi connectivity index (χ0n) is 14.7. The first kappa shape index (κ1) is 17.8. The van der Waals surface area contributed by atoms with Gasteiger partial charge in [0.2, 0.25) is 22.7 Å². The molecular formula is C19H20N2O5S. The van der Waals surface area contributed by atoms with E-state index in [4.69, 9.17) is 9.47 Å². The van der Waals surface area contributed by atoms with Crippen LogP contribution >= 0.6 is 0 Å². The van der Waals surface area contributed by atoms with Crippen molar-refractivity contribution >= 4 is 15.9 Å². The Bertz CT molecular complexity index is 957. The molecule has 27 heavy (non-hydrogen) atoms. The molecule has 1 amide bonds. The van der Waals surface area contributed by atoms with Gasteiger partial charge < -0.3 is 14.4 Å². The summed E-state index contributed by atoms with van der Waals surface area (Å²) >= 11 is 0. The second-order valence-corrected chi connectivity index (χ2v) is 8.34. The molecule has 1 fully saturated rings. The quantitative estimate of drug-likeness (QED) is 0.818. The molecule has 4 rings (SSSR count). The number of ether oxygens (including phenoxy) is 2. The predicted octanol–water partition coefficient (Wildman–Crippen LogP) is 2.02. The van der Waals surface area contributed by atoms with Gasteiger partial charge in [-0.15, -0.1) is 0 Å². The first-order valence-electron chi connectivity index (χ1n) is 8.76. The first-order valence-corrected chi connectivity index (χ1v) is 10.2. The van der Waals surface area contributed by atoms with E-state index in [0.717, 1.165) is 24.1 Å². The summed E-state index contributed by atoms with van der Waals surface area (Å²) in [5, 5.41) is 0. The molecule has 0 atom stereocenters. The van der Waals surface area contributed by atoms with Crippen LogP contribution in [0.4, 0.5) is 0 Å². The molecule has 0 spiro atoms. The Labute approximate surface area is 157 Å². The SMILES string of the molecule is O=C1CCCN1Cc1ccc(CNS(=O)(=O)c2ccc3c(c2)OCO3)cc1. The summed E-state index contributed by atoms with van der Waals surface area (Å²) in [5.74, 6) is 1.16. The molecule has 2 heterocycles. The van der Waals surface area contributed by atoms with Crippen molar-refractivity contribution in [3.05, 3.63) is 53.6 Å².